The summed E-state index contributed by atoms with van der Waals surface area (Å²) in [6.07, 6.45) is 1.05. The number of thioether (sulfide) groups is 1. The van der Waals surface area contributed by atoms with Crippen LogP contribution in [0.5, 0.6) is 5.75 Å². The lowest BCUT2D eigenvalue weighted by molar-refractivity contribution is 0.415. The van der Waals surface area contributed by atoms with Crippen LogP contribution in [0.25, 0.3) is 22.0 Å². The Kier molecular flexibility index (Phi) is 5.97. The van der Waals surface area contributed by atoms with E-state index in [9.17, 15) is 0 Å². The Hall–Kier alpha value is -2.64. The highest BCUT2D eigenvalue weighted by molar-refractivity contribution is 7.98. The highest BCUT2D eigenvalue weighted by atomic mass is 32.2. The van der Waals surface area contributed by atoms with E-state index in [0.29, 0.717) is 0 Å². The van der Waals surface area contributed by atoms with Crippen molar-refractivity contribution in [1.29, 1.82) is 0 Å². The lowest BCUT2D eigenvalue weighted by Crippen LogP contribution is -1.95. The highest BCUT2D eigenvalue weighted by Gasteiger charge is 2.13. The van der Waals surface area contributed by atoms with Crippen LogP contribution in [0.4, 0.5) is 0 Å². The molecule has 0 aliphatic heterocycles. The van der Waals surface area contributed by atoms with E-state index in [1.165, 1.54) is 11.1 Å². The summed E-state index contributed by atoms with van der Waals surface area (Å²) in [5.74, 6) is 2.43. The molecule has 0 N–H and O–H groups in total. The molecule has 4 rings (SSSR count). The van der Waals surface area contributed by atoms with Crippen LogP contribution in [0, 0.1) is 0 Å². The molecule has 0 spiro atoms. The third-order valence-electron chi connectivity index (χ3n) is 4.69. The molecule has 5 nitrogen and oxygen atoms in total. The maximum Gasteiger partial charge on any atom is 0.191 e. The monoisotopic (exact) mass is 422 g/mol. The van der Waals surface area contributed by atoms with E-state index >= 15 is 0 Å². The van der Waals surface area contributed by atoms with Crippen molar-refractivity contribution >= 4 is 23.1 Å². The van der Waals surface area contributed by atoms with Gasteiger partial charge in [0.1, 0.15) is 10.8 Å². The van der Waals surface area contributed by atoms with Gasteiger partial charge in [-0.15, -0.1) is 21.5 Å². The fourth-order valence-electron chi connectivity index (χ4n) is 2.96. The van der Waals surface area contributed by atoms with Crippen LogP contribution in [-0.4, -0.2) is 26.9 Å². The van der Waals surface area contributed by atoms with Gasteiger partial charge in [-0.3, -0.25) is 0 Å². The van der Waals surface area contributed by atoms with Crippen LogP contribution >= 0.6 is 23.1 Å². The summed E-state index contributed by atoms with van der Waals surface area (Å²) in [6.45, 7) is 2.17. The van der Waals surface area contributed by atoms with E-state index in [1.54, 1.807) is 30.2 Å². The molecule has 0 radical (unpaired) electrons. The van der Waals surface area contributed by atoms with Crippen molar-refractivity contribution in [3.8, 4) is 27.7 Å². The molecule has 0 amide bonds. The molecule has 0 saturated carbocycles. The molecule has 0 fully saturated rings. The number of hydrogen-bond donors (Lipinski definition) is 0. The number of rotatable bonds is 7. The normalized spacial score (nSPS) is 11.0. The number of aromatic nitrogens is 4. The van der Waals surface area contributed by atoms with Gasteiger partial charge in [0.15, 0.2) is 11.0 Å². The molecule has 2 aromatic carbocycles. The minimum atomic E-state index is 0.762. The topological polar surface area (TPSA) is 52.8 Å². The summed E-state index contributed by atoms with van der Waals surface area (Å²) < 4.78 is 7.24. The van der Waals surface area contributed by atoms with Crippen molar-refractivity contribution in [1.82, 2.24) is 19.7 Å². The maximum absolute atomic E-state index is 5.22. The Morgan fingerprint density at radius 2 is 1.72 bits per heavy atom. The second kappa shape index (κ2) is 8.80. The molecule has 0 bridgehead atoms. The first-order chi connectivity index (χ1) is 14.2. The molecule has 29 heavy (non-hydrogen) atoms. The summed E-state index contributed by atoms with van der Waals surface area (Å²) in [6, 6.07) is 16.5. The van der Waals surface area contributed by atoms with Crippen molar-refractivity contribution in [3.05, 3.63) is 65.2 Å². The van der Waals surface area contributed by atoms with Gasteiger partial charge in [0, 0.05) is 29.3 Å². The first kappa shape index (κ1) is 19.7. The summed E-state index contributed by atoms with van der Waals surface area (Å²) in [7, 11) is 3.65. The quantitative estimate of drug-likeness (QED) is 0.370. The SMILES string of the molecule is CCc1ccc(-c2nc(CSc3nnc(-c4ccc(OC)cc4)n3C)cs2)cc1. The zero-order chi connectivity index (χ0) is 20.2. The predicted molar refractivity (Wildman–Crippen MR) is 119 cm³/mol. The average molecular weight is 423 g/mol. The van der Waals surface area contributed by atoms with E-state index in [0.717, 1.165) is 45.2 Å². The molecular formula is C22H22N4OS2. The van der Waals surface area contributed by atoms with Gasteiger partial charge in [-0.2, -0.15) is 0 Å². The van der Waals surface area contributed by atoms with Gasteiger partial charge in [0.2, 0.25) is 0 Å². The standard InChI is InChI=1S/C22H22N4OS2/c1-4-15-5-7-17(8-6-15)21-23-18(13-28-21)14-29-22-25-24-20(26(22)2)16-9-11-19(27-3)12-10-16/h5-13H,4,14H2,1-3H3. The third-order valence-corrected chi connectivity index (χ3v) is 6.69. The molecule has 0 unspecified atom stereocenters. The van der Waals surface area contributed by atoms with Gasteiger partial charge in [0.25, 0.3) is 0 Å². The molecule has 0 aliphatic rings. The highest BCUT2D eigenvalue weighted by Crippen LogP contribution is 2.29. The lowest BCUT2D eigenvalue weighted by atomic mass is 10.1. The van der Waals surface area contributed by atoms with Gasteiger partial charge in [-0.25, -0.2) is 4.98 Å². The molecule has 2 aromatic heterocycles. The zero-order valence-corrected chi connectivity index (χ0v) is 18.3. The Bertz CT molecular complexity index is 1080. The number of nitrogens with zero attached hydrogens (tertiary/aromatic N) is 4. The fourth-order valence-corrected chi connectivity index (χ4v) is 4.69. The van der Waals surface area contributed by atoms with Gasteiger partial charge < -0.3 is 9.30 Å². The fraction of sp³-hybridized carbons (Fsp3) is 0.227. The van der Waals surface area contributed by atoms with Crippen molar-refractivity contribution in [2.24, 2.45) is 7.05 Å². The minimum Gasteiger partial charge on any atom is -0.497 e. The number of thiazole rings is 1. The number of hydrogen-bond acceptors (Lipinski definition) is 6. The number of methoxy groups -OCH3 is 1. The first-order valence-corrected chi connectivity index (χ1v) is 11.2. The number of aryl methyl sites for hydroxylation is 1. The van der Waals surface area contributed by atoms with Crippen molar-refractivity contribution in [2.75, 3.05) is 7.11 Å². The Balaban J connectivity index is 1.44. The van der Waals surface area contributed by atoms with Gasteiger partial charge >= 0.3 is 0 Å². The molecule has 4 aromatic rings. The average Bonchev–Trinajstić information content (AvgIpc) is 3.39. The van der Waals surface area contributed by atoms with Crippen LogP contribution in [0.1, 0.15) is 18.2 Å². The second-order valence-electron chi connectivity index (χ2n) is 6.58. The van der Waals surface area contributed by atoms with Crippen LogP contribution in [-0.2, 0) is 19.2 Å². The summed E-state index contributed by atoms with van der Waals surface area (Å²) in [4.78, 5) is 4.79. The third kappa shape index (κ3) is 4.36. The van der Waals surface area contributed by atoms with E-state index in [2.05, 4.69) is 46.8 Å². The van der Waals surface area contributed by atoms with Crippen LogP contribution in [0.15, 0.2) is 59.1 Å². The molecule has 7 heteroatoms. The van der Waals surface area contributed by atoms with Crippen LogP contribution in [0.3, 0.4) is 0 Å². The van der Waals surface area contributed by atoms with E-state index in [-0.39, 0.29) is 0 Å². The molecular weight excluding hydrogens is 400 g/mol. The number of ether oxygens (including phenoxy) is 1. The van der Waals surface area contributed by atoms with Gasteiger partial charge in [0.05, 0.1) is 12.8 Å². The van der Waals surface area contributed by atoms with E-state index in [1.807, 2.05) is 35.9 Å². The molecule has 0 atom stereocenters. The van der Waals surface area contributed by atoms with Crippen LogP contribution < -0.4 is 4.74 Å². The zero-order valence-electron chi connectivity index (χ0n) is 16.6. The Morgan fingerprint density at radius 1 is 1.00 bits per heavy atom. The molecule has 0 saturated heterocycles. The maximum atomic E-state index is 5.22. The van der Waals surface area contributed by atoms with Gasteiger partial charge in [-0.1, -0.05) is 43.0 Å². The summed E-state index contributed by atoms with van der Waals surface area (Å²) in [5, 5.41) is 12.8. The molecule has 2 heterocycles. The Labute approximate surface area is 178 Å². The van der Waals surface area contributed by atoms with Crippen LogP contribution in [0.2, 0.25) is 0 Å². The van der Waals surface area contributed by atoms with Gasteiger partial charge in [-0.05, 0) is 36.2 Å². The van der Waals surface area contributed by atoms with Crippen molar-refractivity contribution in [2.45, 2.75) is 24.3 Å². The second-order valence-corrected chi connectivity index (χ2v) is 8.38. The largest absolute Gasteiger partial charge is 0.497 e. The minimum absolute atomic E-state index is 0.762. The lowest BCUT2D eigenvalue weighted by Gasteiger charge is -2.04. The van der Waals surface area contributed by atoms with E-state index in [4.69, 9.17) is 9.72 Å². The first-order valence-electron chi connectivity index (χ1n) is 9.38. The summed E-state index contributed by atoms with van der Waals surface area (Å²) in [5.41, 5.74) is 4.59. The van der Waals surface area contributed by atoms with Crippen molar-refractivity contribution < 1.29 is 4.74 Å². The Morgan fingerprint density at radius 3 is 2.41 bits per heavy atom. The summed E-state index contributed by atoms with van der Waals surface area (Å²) >= 11 is 3.33. The van der Waals surface area contributed by atoms with Crippen molar-refractivity contribution in [3.63, 3.8) is 0 Å². The predicted octanol–water partition coefficient (Wildman–Crippen LogP) is 5.47. The molecule has 148 valence electrons. The number of benzene rings is 2. The molecule has 0 aliphatic carbocycles. The van der Waals surface area contributed by atoms with E-state index < -0.39 is 0 Å². The smallest absolute Gasteiger partial charge is 0.191 e.